The molecule has 0 radical (unpaired) electrons. The highest BCUT2D eigenvalue weighted by Gasteiger charge is 2.34. The van der Waals surface area contributed by atoms with Crippen LogP contribution in [0.2, 0.25) is 0 Å². The molecule has 140 valence electrons. The number of benzene rings is 1. The van der Waals surface area contributed by atoms with E-state index in [1.807, 2.05) is 37.4 Å². The summed E-state index contributed by atoms with van der Waals surface area (Å²) in [6.45, 7) is 6.58. The Bertz CT molecular complexity index is 777. The van der Waals surface area contributed by atoms with Crippen molar-refractivity contribution in [2.24, 2.45) is 11.8 Å². The number of aliphatic carboxylic acids is 1. The first kappa shape index (κ1) is 18.7. The van der Waals surface area contributed by atoms with Crippen molar-refractivity contribution >= 4 is 17.3 Å². The molecule has 3 rings (SSSR count). The summed E-state index contributed by atoms with van der Waals surface area (Å²) in [6, 6.07) is 5.82. The van der Waals surface area contributed by atoms with Gasteiger partial charge in [-0.3, -0.25) is 9.69 Å². The zero-order chi connectivity index (χ0) is 18.7. The van der Waals surface area contributed by atoms with E-state index in [-0.39, 0.29) is 11.8 Å². The van der Waals surface area contributed by atoms with Crippen LogP contribution in [-0.2, 0) is 11.3 Å². The third kappa shape index (κ3) is 3.99. The summed E-state index contributed by atoms with van der Waals surface area (Å²) in [6.07, 6.45) is 0. The molecule has 6 nitrogen and oxygen atoms in total. The van der Waals surface area contributed by atoms with E-state index >= 15 is 0 Å². The Balaban J connectivity index is 1.71. The van der Waals surface area contributed by atoms with Crippen LogP contribution < -0.4 is 9.47 Å². The van der Waals surface area contributed by atoms with E-state index in [2.05, 4.69) is 4.90 Å². The van der Waals surface area contributed by atoms with Gasteiger partial charge in [-0.1, -0.05) is 6.92 Å². The van der Waals surface area contributed by atoms with Gasteiger partial charge in [-0.25, -0.2) is 4.98 Å². The molecule has 1 aromatic carbocycles. The lowest BCUT2D eigenvalue weighted by molar-refractivity contribution is -0.142. The zero-order valence-corrected chi connectivity index (χ0v) is 16.1. The molecule has 0 saturated carbocycles. The number of likely N-dealkylation sites (tertiary alicyclic amines) is 1. The highest BCUT2D eigenvalue weighted by Crippen LogP contribution is 2.34. The van der Waals surface area contributed by atoms with Crippen LogP contribution in [0.3, 0.4) is 0 Å². The lowest BCUT2D eigenvalue weighted by Crippen LogP contribution is -2.23. The number of rotatable bonds is 7. The fourth-order valence-corrected chi connectivity index (χ4v) is 4.14. The van der Waals surface area contributed by atoms with Crippen LogP contribution in [0, 0.1) is 11.8 Å². The quantitative estimate of drug-likeness (QED) is 0.799. The maximum Gasteiger partial charge on any atom is 0.308 e. The number of carboxylic acids is 1. The Hall–Kier alpha value is -2.12. The van der Waals surface area contributed by atoms with Crippen molar-refractivity contribution in [3.63, 3.8) is 0 Å². The molecular weight excluding hydrogens is 352 g/mol. The van der Waals surface area contributed by atoms with Crippen molar-refractivity contribution in [2.45, 2.75) is 20.4 Å². The molecule has 1 fully saturated rings. The van der Waals surface area contributed by atoms with Gasteiger partial charge in [-0.05, 0) is 31.0 Å². The molecule has 2 heterocycles. The molecule has 1 saturated heterocycles. The number of hydrogen-bond donors (Lipinski definition) is 1. The van der Waals surface area contributed by atoms with Gasteiger partial charge < -0.3 is 14.6 Å². The van der Waals surface area contributed by atoms with Gasteiger partial charge in [0.2, 0.25) is 0 Å². The molecule has 0 amide bonds. The van der Waals surface area contributed by atoms with E-state index in [1.165, 1.54) is 0 Å². The Morgan fingerprint density at radius 3 is 2.85 bits per heavy atom. The Labute approximate surface area is 157 Å². The van der Waals surface area contributed by atoms with Crippen molar-refractivity contribution < 1.29 is 19.4 Å². The van der Waals surface area contributed by atoms with E-state index in [0.717, 1.165) is 28.6 Å². The van der Waals surface area contributed by atoms with E-state index in [9.17, 15) is 9.90 Å². The fraction of sp³-hybridized carbons (Fsp3) is 0.474. The first-order chi connectivity index (χ1) is 12.5. The van der Waals surface area contributed by atoms with Crippen LogP contribution in [0.25, 0.3) is 10.6 Å². The van der Waals surface area contributed by atoms with Crippen molar-refractivity contribution in [1.82, 2.24) is 9.88 Å². The number of thiazole rings is 1. The van der Waals surface area contributed by atoms with E-state index in [4.69, 9.17) is 14.5 Å². The maximum atomic E-state index is 11.3. The molecule has 2 atom stereocenters. The van der Waals surface area contributed by atoms with Gasteiger partial charge >= 0.3 is 5.97 Å². The molecule has 0 bridgehead atoms. The lowest BCUT2D eigenvalue weighted by Gasteiger charge is -2.13. The van der Waals surface area contributed by atoms with Crippen molar-refractivity contribution in [3.8, 4) is 22.1 Å². The smallest absolute Gasteiger partial charge is 0.308 e. The van der Waals surface area contributed by atoms with E-state index in [1.54, 1.807) is 18.4 Å². The third-order valence-electron chi connectivity index (χ3n) is 4.65. The van der Waals surface area contributed by atoms with Gasteiger partial charge in [0.15, 0.2) is 11.5 Å². The maximum absolute atomic E-state index is 11.3. The summed E-state index contributed by atoms with van der Waals surface area (Å²) in [5.41, 5.74) is 1.95. The molecule has 1 aliphatic rings. The van der Waals surface area contributed by atoms with Crippen molar-refractivity contribution in [3.05, 3.63) is 29.3 Å². The van der Waals surface area contributed by atoms with Crippen LogP contribution in [0.5, 0.6) is 11.5 Å². The van der Waals surface area contributed by atoms with Crippen LogP contribution in [0.1, 0.15) is 19.5 Å². The molecule has 0 aliphatic carbocycles. The van der Waals surface area contributed by atoms with Crippen LogP contribution in [0.15, 0.2) is 23.6 Å². The number of methoxy groups -OCH3 is 1. The number of carbonyl (C=O) groups is 1. The Morgan fingerprint density at radius 2 is 2.19 bits per heavy atom. The van der Waals surface area contributed by atoms with Gasteiger partial charge in [-0.2, -0.15) is 0 Å². The minimum atomic E-state index is -0.708. The van der Waals surface area contributed by atoms with Crippen LogP contribution in [-0.4, -0.2) is 47.8 Å². The number of carboxylic acid groups (broad SMARTS) is 1. The number of aromatic nitrogens is 1. The van der Waals surface area contributed by atoms with Crippen molar-refractivity contribution in [2.75, 3.05) is 26.8 Å². The van der Waals surface area contributed by atoms with Gasteiger partial charge in [0.1, 0.15) is 5.01 Å². The number of nitrogens with zero attached hydrogens (tertiary/aromatic N) is 2. The predicted octanol–water partition coefficient (Wildman–Crippen LogP) is 3.37. The molecular formula is C19H24N2O4S. The first-order valence-corrected chi connectivity index (χ1v) is 9.60. The highest BCUT2D eigenvalue weighted by atomic mass is 32.1. The largest absolute Gasteiger partial charge is 0.493 e. The second kappa shape index (κ2) is 8.05. The molecule has 1 N–H and O–H groups in total. The summed E-state index contributed by atoms with van der Waals surface area (Å²) in [5, 5.41) is 12.2. The average molecular weight is 376 g/mol. The van der Waals surface area contributed by atoms with E-state index < -0.39 is 5.97 Å². The molecule has 2 aromatic rings. The van der Waals surface area contributed by atoms with Gasteiger partial charge in [-0.15, -0.1) is 11.3 Å². The monoisotopic (exact) mass is 376 g/mol. The summed E-state index contributed by atoms with van der Waals surface area (Å²) in [7, 11) is 1.63. The highest BCUT2D eigenvalue weighted by molar-refractivity contribution is 7.13. The van der Waals surface area contributed by atoms with Gasteiger partial charge in [0.05, 0.1) is 25.3 Å². The number of hydrogen-bond acceptors (Lipinski definition) is 6. The average Bonchev–Trinajstić information content (AvgIpc) is 3.22. The molecule has 1 aliphatic heterocycles. The molecule has 1 aromatic heterocycles. The zero-order valence-electron chi connectivity index (χ0n) is 15.3. The first-order valence-electron chi connectivity index (χ1n) is 8.72. The van der Waals surface area contributed by atoms with Gasteiger partial charge in [0.25, 0.3) is 0 Å². The van der Waals surface area contributed by atoms with E-state index in [0.29, 0.717) is 25.4 Å². The molecule has 7 heteroatoms. The molecule has 0 unspecified atom stereocenters. The fourth-order valence-electron chi connectivity index (χ4n) is 3.33. The minimum Gasteiger partial charge on any atom is -0.493 e. The lowest BCUT2D eigenvalue weighted by atomic mass is 9.99. The topological polar surface area (TPSA) is 71.9 Å². The molecule has 26 heavy (non-hydrogen) atoms. The SMILES string of the molecule is CCOc1ccc(-c2nc(CN3C[C@@H](C)[C@H](C(=O)O)C3)cs2)cc1OC. The predicted molar refractivity (Wildman–Crippen MR) is 101 cm³/mol. The normalized spacial score (nSPS) is 20.3. The summed E-state index contributed by atoms with van der Waals surface area (Å²) in [4.78, 5) is 18.2. The van der Waals surface area contributed by atoms with Crippen LogP contribution in [0.4, 0.5) is 0 Å². The second-order valence-electron chi connectivity index (χ2n) is 6.56. The number of ether oxygens (including phenoxy) is 2. The minimum absolute atomic E-state index is 0.168. The van der Waals surface area contributed by atoms with Gasteiger partial charge in [0, 0.05) is 30.6 Å². The third-order valence-corrected chi connectivity index (χ3v) is 5.59. The standard InChI is InChI=1S/C19H24N2O4S/c1-4-25-16-6-5-13(7-17(16)24-3)18-20-14(11-26-18)9-21-8-12(2)15(10-21)19(22)23/h5-7,11-12,15H,4,8-10H2,1-3H3,(H,22,23)/t12-,15-/m1/s1. The van der Waals surface area contributed by atoms with Crippen molar-refractivity contribution in [1.29, 1.82) is 0 Å². The Kier molecular flexibility index (Phi) is 5.78. The summed E-state index contributed by atoms with van der Waals surface area (Å²) in [5.74, 6) is 0.588. The molecule has 0 spiro atoms. The Morgan fingerprint density at radius 1 is 1.38 bits per heavy atom. The summed E-state index contributed by atoms with van der Waals surface area (Å²) < 4.78 is 11.0. The van der Waals surface area contributed by atoms with Crippen LogP contribution >= 0.6 is 11.3 Å². The summed E-state index contributed by atoms with van der Waals surface area (Å²) >= 11 is 1.58. The second-order valence-corrected chi connectivity index (χ2v) is 7.42.